The molecule has 1 heterocycles. The molecule has 1 atom stereocenters. The molecule has 2 N–H and O–H groups in total. The molecule has 0 radical (unpaired) electrons. The Morgan fingerprint density at radius 3 is 2.70 bits per heavy atom. The first-order chi connectivity index (χ1) is 11.2. The van der Waals surface area contributed by atoms with Crippen molar-refractivity contribution in [1.82, 2.24) is 4.98 Å². The first-order valence-corrected chi connectivity index (χ1v) is 8.67. The normalized spacial score (nSPS) is 13.0. The maximum absolute atomic E-state index is 12.6. The van der Waals surface area contributed by atoms with Gasteiger partial charge in [0.2, 0.25) is 0 Å². The molecule has 0 saturated heterocycles. The standard InChI is InChI=1S/C20H27NO2/c1-3-5-6-7-8-9-14-18(22)19-15(4-2)20(23)16-12-10-11-13-17(16)21-19/h9-14,18,22H,3-8H2,1-2H3,(H,21,23)/b14-9+. The molecule has 2 rings (SSSR count). The highest BCUT2D eigenvalue weighted by atomic mass is 16.3. The number of aromatic amines is 1. The highest BCUT2D eigenvalue weighted by Crippen LogP contribution is 2.19. The predicted molar refractivity (Wildman–Crippen MR) is 96.8 cm³/mol. The van der Waals surface area contributed by atoms with Crippen LogP contribution in [0.1, 0.15) is 63.3 Å². The summed E-state index contributed by atoms with van der Waals surface area (Å²) in [5.74, 6) is 0. The van der Waals surface area contributed by atoms with Crippen molar-refractivity contribution in [3.63, 3.8) is 0 Å². The second kappa shape index (κ2) is 8.68. The molecule has 124 valence electrons. The summed E-state index contributed by atoms with van der Waals surface area (Å²) in [6, 6.07) is 7.46. The van der Waals surface area contributed by atoms with Gasteiger partial charge in [0.1, 0.15) is 6.10 Å². The summed E-state index contributed by atoms with van der Waals surface area (Å²) in [5.41, 5.74) is 2.10. The highest BCUT2D eigenvalue weighted by molar-refractivity contribution is 5.79. The van der Waals surface area contributed by atoms with Gasteiger partial charge < -0.3 is 10.1 Å². The molecule has 0 aliphatic heterocycles. The van der Waals surface area contributed by atoms with Gasteiger partial charge in [-0.15, -0.1) is 0 Å². The average Bonchev–Trinajstić information content (AvgIpc) is 2.57. The minimum atomic E-state index is -0.756. The second-order valence-corrected chi connectivity index (χ2v) is 5.97. The number of para-hydroxylation sites is 1. The number of rotatable bonds is 8. The van der Waals surface area contributed by atoms with E-state index in [0.717, 1.165) is 18.4 Å². The minimum absolute atomic E-state index is 0.0206. The van der Waals surface area contributed by atoms with E-state index in [1.165, 1.54) is 19.3 Å². The van der Waals surface area contributed by atoms with E-state index >= 15 is 0 Å². The van der Waals surface area contributed by atoms with Crippen LogP contribution >= 0.6 is 0 Å². The number of allylic oxidation sites excluding steroid dienone is 1. The highest BCUT2D eigenvalue weighted by Gasteiger charge is 2.14. The van der Waals surface area contributed by atoms with E-state index in [2.05, 4.69) is 11.9 Å². The van der Waals surface area contributed by atoms with E-state index in [4.69, 9.17) is 0 Å². The number of nitrogens with one attached hydrogen (secondary N) is 1. The van der Waals surface area contributed by atoms with Gasteiger partial charge in [-0.25, -0.2) is 0 Å². The number of benzene rings is 1. The van der Waals surface area contributed by atoms with Crippen molar-refractivity contribution in [2.45, 2.75) is 58.5 Å². The third-order valence-corrected chi connectivity index (χ3v) is 4.23. The Hall–Kier alpha value is -1.87. The van der Waals surface area contributed by atoms with E-state index in [1.807, 2.05) is 37.3 Å². The third kappa shape index (κ3) is 4.32. The van der Waals surface area contributed by atoms with Gasteiger partial charge in [0, 0.05) is 16.5 Å². The van der Waals surface area contributed by atoms with E-state index in [-0.39, 0.29) is 5.43 Å². The number of hydrogen-bond acceptors (Lipinski definition) is 2. The smallest absolute Gasteiger partial charge is 0.192 e. The van der Waals surface area contributed by atoms with Crippen molar-refractivity contribution < 1.29 is 5.11 Å². The zero-order valence-corrected chi connectivity index (χ0v) is 14.1. The molecule has 1 aromatic heterocycles. The molecule has 0 aliphatic carbocycles. The lowest BCUT2D eigenvalue weighted by Gasteiger charge is -2.13. The summed E-state index contributed by atoms with van der Waals surface area (Å²) < 4.78 is 0. The van der Waals surface area contributed by atoms with Gasteiger partial charge in [0.15, 0.2) is 5.43 Å². The molecule has 1 aromatic carbocycles. The molecule has 0 aliphatic rings. The first-order valence-electron chi connectivity index (χ1n) is 8.67. The lowest BCUT2D eigenvalue weighted by molar-refractivity contribution is 0.222. The third-order valence-electron chi connectivity index (χ3n) is 4.23. The summed E-state index contributed by atoms with van der Waals surface area (Å²) in [7, 11) is 0. The van der Waals surface area contributed by atoms with Crippen LogP contribution in [0, 0.1) is 0 Å². The number of aliphatic hydroxyl groups is 1. The Labute approximate surface area is 138 Å². The first kappa shape index (κ1) is 17.5. The molecule has 23 heavy (non-hydrogen) atoms. The molecule has 3 heteroatoms. The molecule has 1 unspecified atom stereocenters. The van der Waals surface area contributed by atoms with Crippen LogP contribution in [-0.4, -0.2) is 10.1 Å². The summed E-state index contributed by atoms with van der Waals surface area (Å²) in [6.07, 6.45) is 9.49. The van der Waals surface area contributed by atoms with E-state index in [9.17, 15) is 9.90 Å². The molecule has 0 spiro atoms. The van der Waals surface area contributed by atoms with Gasteiger partial charge in [0.05, 0.1) is 5.69 Å². The molecule has 0 amide bonds. The lowest BCUT2D eigenvalue weighted by atomic mass is 10.0. The number of pyridine rings is 1. The van der Waals surface area contributed by atoms with Crippen LogP contribution in [0.2, 0.25) is 0 Å². The van der Waals surface area contributed by atoms with Gasteiger partial charge in [-0.05, 0) is 31.4 Å². The monoisotopic (exact) mass is 313 g/mol. The van der Waals surface area contributed by atoms with Crippen molar-refractivity contribution in [3.05, 3.63) is 57.9 Å². The van der Waals surface area contributed by atoms with Crippen LogP contribution in [0.15, 0.2) is 41.2 Å². The lowest BCUT2D eigenvalue weighted by Crippen LogP contribution is -2.16. The van der Waals surface area contributed by atoms with Gasteiger partial charge >= 0.3 is 0 Å². The molecule has 3 nitrogen and oxygen atoms in total. The van der Waals surface area contributed by atoms with Gasteiger partial charge in [-0.2, -0.15) is 0 Å². The van der Waals surface area contributed by atoms with Crippen molar-refractivity contribution >= 4 is 10.9 Å². The fraction of sp³-hybridized carbons (Fsp3) is 0.450. The van der Waals surface area contributed by atoms with E-state index in [1.54, 1.807) is 6.08 Å². The zero-order chi connectivity index (χ0) is 16.7. The Morgan fingerprint density at radius 2 is 1.96 bits per heavy atom. The topological polar surface area (TPSA) is 53.1 Å². The molecule has 0 saturated carbocycles. The van der Waals surface area contributed by atoms with E-state index in [0.29, 0.717) is 23.1 Å². The molecule has 0 fully saturated rings. The number of fused-ring (bicyclic) bond motifs is 1. The van der Waals surface area contributed by atoms with Crippen molar-refractivity contribution in [1.29, 1.82) is 0 Å². The molecular weight excluding hydrogens is 286 g/mol. The van der Waals surface area contributed by atoms with Crippen molar-refractivity contribution in [2.75, 3.05) is 0 Å². The number of aliphatic hydroxyl groups excluding tert-OH is 1. The zero-order valence-electron chi connectivity index (χ0n) is 14.1. The Morgan fingerprint density at radius 1 is 1.17 bits per heavy atom. The Kier molecular flexibility index (Phi) is 6.60. The summed E-state index contributed by atoms with van der Waals surface area (Å²) in [4.78, 5) is 15.8. The number of aromatic nitrogens is 1. The van der Waals surface area contributed by atoms with Gasteiger partial charge in [0.25, 0.3) is 0 Å². The van der Waals surface area contributed by atoms with Crippen LogP contribution in [0.4, 0.5) is 0 Å². The fourth-order valence-electron chi connectivity index (χ4n) is 2.91. The minimum Gasteiger partial charge on any atom is -0.383 e. The fourth-order valence-corrected chi connectivity index (χ4v) is 2.91. The quantitative estimate of drug-likeness (QED) is 0.550. The second-order valence-electron chi connectivity index (χ2n) is 5.97. The van der Waals surface area contributed by atoms with Crippen LogP contribution in [-0.2, 0) is 6.42 Å². The van der Waals surface area contributed by atoms with Crippen LogP contribution in [0.25, 0.3) is 10.9 Å². The number of unbranched alkanes of at least 4 members (excludes halogenated alkanes) is 4. The van der Waals surface area contributed by atoms with Gasteiger partial charge in [-0.3, -0.25) is 4.79 Å². The predicted octanol–water partition coefficient (Wildman–Crippen LogP) is 4.65. The van der Waals surface area contributed by atoms with Crippen molar-refractivity contribution in [3.8, 4) is 0 Å². The molecule has 0 bridgehead atoms. The van der Waals surface area contributed by atoms with Crippen LogP contribution in [0.5, 0.6) is 0 Å². The maximum atomic E-state index is 12.6. The Balaban J connectivity index is 2.21. The van der Waals surface area contributed by atoms with E-state index < -0.39 is 6.10 Å². The average molecular weight is 313 g/mol. The maximum Gasteiger partial charge on any atom is 0.192 e. The number of H-pyrrole nitrogens is 1. The molecule has 2 aromatic rings. The summed E-state index contributed by atoms with van der Waals surface area (Å²) in [6.45, 7) is 4.14. The van der Waals surface area contributed by atoms with Gasteiger partial charge in [-0.1, -0.05) is 57.4 Å². The SMILES string of the molecule is CCCCCC/C=C/C(O)c1[nH]c2ccccc2c(=O)c1CC. The van der Waals surface area contributed by atoms with Crippen LogP contribution in [0.3, 0.4) is 0 Å². The summed E-state index contributed by atoms with van der Waals surface area (Å²) >= 11 is 0. The summed E-state index contributed by atoms with van der Waals surface area (Å²) in [5, 5.41) is 11.1. The molecular formula is C20H27NO2. The number of hydrogen-bond donors (Lipinski definition) is 2. The van der Waals surface area contributed by atoms with Crippen molar-refractivity contribution in [2.24, 2.45) is 0 Å². The Bertz CT molecular complexity index is 715. The largest absolute Gasteiger partial charge is 0.383 e. The van der Waals surface area contributed by atoms with Crippen LogP contribution < -0.4 is 5.43 Å².